The van der Waals surface area contributed by atoms with Crippen LogP contribution in [-0.2, 0) is 19.1 Å². The summed E-state index contributed by atoms with van der Waals surface area (Å²) >= 11 is 0. The van der Waals surface area contributed by atoms with Crippen LogP contribution in [0.5, 0.6) is 0 Å². The molecule has 5 atom stereocenters. The average molecular weight is 266 g/mol. The normalized spacial score (nSPS) is 40.6. The maximum atomic E-state index is 12.2. The third-order valence-electron chi connectivity index (χ3n) is 5.37. The molecule has 0 spiro atoms. The smallest absolute Gasteiger partial charge is 0.311 e. The summed E-state index contributed by atoms with van der Waals surface area (Å²) in [5, 5.41) is 0. The molecule has 4 heteroatoms. The van der Waals surface area contributed by atoms with E-state index in [1.165, 1.54) is 0 Å². The number of Topliss-reactive ketones (excluding diaryl/α,β-unsaturated/α-hetero) is 1. The lowest BCUT2D eigenvalue weighted by molar-refractivity contribution is -0.181. The first kappa shape index (κ1) is 13.1. The Morgan fingerprint density at radius 2 is 2.16 bits per heavy atom. The Balaban J connectivity index is 1.72. The van der Waals surface area contributed by atoms with Crippen molar-refractivity contribution in [2.45, 2.75) is 52.2 Å². The molecular formula is C15H22O4. The molecule has 0 N–H and O–H groups in total. The second-order valence-electron chi connectivity index (χ2n) is 6.85. The second kappa shape index (κ2) is 4.30. The van der Waals surface area contributed by atoms with Crippen LogP contribution in [0.4, 0.5) is 0 Å². The highest BCUT2D eigenvalue weighted by atomic mass is 16.6. The summed E-state index contributed by atoms with van der Waals surface area (Å²) in [5.74, 6) is 0.875. The summed E-state index contributed by atoms with van der Waals surface area (Å²) in [6, 6.07) is 0. The Kier molecular flexibility index (Phi) is 2.97. The molecular weight excluding hydrogens is 244 g/mol. The number of carbonyl (C=O) groups is 2. The van der Waals surface area contributed by atoms with Crippen LogP contribution in [0, 0.1) is 23.2 Å². The largest absolute Gasteiger partial charge is 0.459 e. The minimum absolute atomic E-state index is 0.0435. The standard InChI is InChI=1S/C15H22O4/c1-4-15(2,3)14(17)19-12-8-5-9-10(6-8)13(12)18-7-11(9)16/h8-10,12-13H,4-7H2,1-3H3. The first-order valence-corrected chi connectivity index (χ1v) is 7.29. The molecule has 1 aliphatic heterocycles. The molecule has 4 nitrogen and oxygen atoms in total. The zero-order valence-electron chi connectivity index (χ0n) is 11.8. The van der Waals surface area contributed by atoms with E-state index in [1.807, 2.05) is 20.8 Å². The van der Waals surface area contributed by atoms with Crippen LogP contribution in [-0.4, -0.2) is 30.6 Å². The van der Waals surface area contributed by atoms with Gasteiger partial charge in [-0.05, 0) is 44.9 Å². The number of hydrogen-bond donors (Lipinski definition) is 0. The second-order valence-corrected chi connectivity index (χ2v) is 6.85. The highest BCUT2D eigenvalue weighted by molar-refractivity contribution is 5.84. The molecule has 1 heterocycles. The van der Waals surface area contributed by atoms with E-state index in [-0.39, 0.29) is 42.4 Å². The number of carbonyl (C=O) groups excluding carboxylic acids is 2. The van der Waals surface area contributed by atoms with Crippen molar-refractivity contribution in [3.63, 3.8) is 0 Å². The van der Waals surface area contributed by atoms with Gasteiger partial charge in [0.2, 0.25) is 0 Å². The Labute approximate surface area is 113 Å². The topological polar surface area (TPSA) is 52.6 Å². The van der Waals surface area contributed by atoms with Gasteiger partial charge in [0.25, 0.3) is 0 Å². The maximum Gasteiger partial charge on any atom is 0.311 e. The highest BCUT2D eigenvalue weighted by Gasteiger charge is 2.59. The number of ketones is 1. The maximum absolute atomic E-state index is 12.2. The van der Waals surface area contributed by atoms with Crippen molar-refractivity contribution in [3.8, 4) is 0 Å². The average Bonchev–Trinajstić information content (AvgIpc) is 2.94. The van der Waals surface area contributed by atoms with Crippen molar-refractivity contribution in [1.82, 2.24) is 0 Å². The van der Waals surface area contributed by atoms with Gasteiger partial charge < -0.3 is 9.47 Å². The summed E-state index contributed by atoms with van der Waals surface area (Å²) in [4.78, 5) is 24.0. The van der Waals surface area contributed by atoms with E-state index >= 15 is 0 Å². The van der Waals surface area contributed by atoms with Gasteiger partial charge in [0.15, 0.2) is 5.78 Å². The fourth-order valence-electron chi connectivity index (χ4n) is 3.72. The highest BCUT2D eigenvalue weighted by Crippen LogP contribution is 2.53. The molecule has 5 unspecified atom stereocenters. The van der Waals surface area contributed by atoms with Crippen LogP contribution >= 0.6 is 0 Å². The van der Waals surface area contributed by atoms with Gasteiger partial charge in [-0.15, -0.1) is 0 Å². The molecule has 3 aliphatic rings. The number of hydrogen-bond acceptors (Lipinski definition) is 4. The molecule has 0 amide bonds. The molecule has 2 saturated carbocycles. The van der Waals surface area contributed by atoms with Crippen LogP contribution in [0.1, 0.15) is 40.0 Å². The van der Waals surface area contributed by atoms with Gasteiger partial charge >= 0.3 is 5.97 Å². The van der Waals surface area contributed by atoms with Crippen LogP contribution < -0.4 is 0 Å². The zero-order valence-corrected chi connectivity index (χ0v) is 11.8. The lowest BCUT2D eigenvalue weighted by Gasteiger charge is -2.39. The minimum Gasteiger partial charge on any atom is -0.459 e. The van der Waals surface area contributed by atoms with Crippen molar-refractivity contribution in [3.05, 3.63) is 0 Å². The monoisotopic (exact) mass is 266 g/mol. The van der Waals surface area contributed by atoms with Crippen molar-refractivity contribution in [1.29, 1.82) is 0 Å². The van der Waals surface area contributed by atoms with Gasteiger partial charge in [-0.25, -0.2) is 0 Å². The van der Waals surface area contributed by atoms with Crippen LogP contribution in [0.15, 0.2) is 0 Å². The number of esters is 1. The summed E-state index contributed by atoms with van der Waals surface area (Å²) in [6.07, 6.45) is 2.45. The lowest BCUT2D eigenvalue weighted by atomic mass is 9.80. The zero-order chi connectivity index (χ0) is 13.8. The van der Waals surface area contributed by atoms with Crippen LogP contribution in [0.2, 0.25) is 0 Å². The first-order chi connectivity index (χ1) is 8.94. The first-order valence-electron chi connectivity index (χ1n) is 7.29. The van der Waals surface area contributed by atoms with Crippen LogP contribution in [0.3, 0.4) is 0 Å². The van der Waals surface area contributed by atoms with E-state index in [1.54, 1.807) is 0 Å². The Morgan fingerprint density at radius 1 is 1.42 bits per heavy atom. The van der Waals surface area contributed by atoms with E-state index in [0.717, 1.165) is 19.3 Å². The Morgan fingerprint density at radius 3 is 2.84 bits per heavy atom. The Hall–Kier alpha value is -0.900. The van der Waals surface area contributed by atoms with Crippen molar-refractivity contribution in [2.75, 3.05) is 6.61 Å². The number of fused-ring (bicyclic) bond motifs is 1. The van der Waals surface area contributed by atoms with Crippen molar-refractivity contribution >= 4 is 11.8 Å². The molecule has 0 aromatic heterocycles. The van der Waals surface area contributed by atoms with Gasteiger partial charge in [-0.2, -0.15) is 0 Å². The molecule has 0 radical (unpaired) electrons. The summed E-state index contributed by atoms with van der Waals surface area (Å²) in [7, 11) is 0. The predicted molar refractivity (Wildman–Crippen MR) is 68.4 cm³/mol. The fourth-order valence-corrected chi connectivity index (χ4v) is 3.72. The lowest BCUT2D eigenvalue weighted by Crippen LogP contribution is -2.50. The van der Waals surface area contributed by atoms with Crippen molar-refractivity contribution < 1.29 is 19.1 Å². The number of rotatable bonds is 3. The number of ether oxygens (including phenoxy) is 2. The molecule has 106 valence electrons. The van der Waals surface area contributed by atoms with E-state index in [2.05, 4.69) is 0 Å². The van der Waals surface area contributed by atoms with Gasteiger partial charge in [0, 0.05) is 5.92 Å². The van der Waals surface area contributed by atoms with Crippen LogP contribution in [0.25, 0.3) is 0 Å². The molecule has 3 fully saturated rings. The Bertz CT molecular complexity index is 414. The molecule has 3 rings (SSSR count). The van der Waals surface area contributed by atoms with Gasteiger partial charge in [-0.1, -0.05) is 6.92 Å². The molecule has 2 bridgehead atoms. The molecule has 19 heavy (non-hydrogen) atoms. The quantitative estimate of drug-likeness (QED) is 0.733. The summed E-state index contributed by atoms with van der Waals surface area (Å²) in [6.45, 7) is 6.02. The minimum atomic E-state index is -0.439. The summed E-state index contributed by atoms with van der Waals surface area (Å²) < 4.78 is 11.4. The molecule has 1 saturated heterocycles. The predicted octanol–water partition coefficient (Wildman–Crippen LogP) is 1.96. The van der Waals surface area contributed by atoms with Gasteiger partial charge in [-0.3, -0.25) is 9.59 Å². The van der Waals surface area contributed by atoms with Gasteiger partial charge in [0.1, 0.15) is 12.7 Å². The summed E-state index contributed by atoms with van der Waals surface area (Å²) in [5.41, 5.74) is -0.439. The van der Waals surface area contributed by atoms with Gasteiger partial charge in [0.05, 0.1) is 11.5 Å². The SMILES string of the molecule is CCC(C)(C)C(=O)OC1C2CC3C(=O)COC1C3C2. The van der Waals surface area contributed by atoms with E-state index in [0.29, 0.717) is 5.92 Å². The van der Waals surface area contributed by atoms with E-state index < -0.39 is 5.41 Å². The molecule has 0 aromatic rings. The third kappa shape index (κ3) is 1.92. The molecule has 2 aliphatic carbocycles. The fraction of sp³-hybridized carbons (Fsp3) is 0.867. The third-order valence-corrected chi connectivity index (χ3v) is 5.37. The van der Waals surface area contributed by atoms with E-state index in [4.69, 9.17) is 9.47 Å². The molecule has 0 aromatic carbocycles. The van der Waals surface area contributed by atoms with E-state index in [9.17, 15) is 9.59 Å². The van der Waals surface area contributed by atoms with Crippen molar-refractivity contribution in [2.24, 2.45) is 23.2 Å².